The Balaban J connectivity index is 1.69. The van der Waals surface area contributed by atoms with Gasteiger partial charge < -0.3 is 4.74 Å². The molecule has 2 aliphatic rings. The molecule has 0 radical (unpaired) electrons. The van der Waals surface area contributed by atoms with E-state index in [4.69, 9.17) is 4.74 Å². The summed E-state index contributed by atoms with van der Waals surface area (Å²) in [5, 5.41) is 0. The average molecular weight is 279 g/mol. The van der Waals surface area contributed by atoms with Crippen molar-refractivity contribution in [2.24, 2.45) is 0 Å². The topological polar surface area (TPSA) is 12.5 Å². The van der Waals surface area contributed by atoms with Crippen LogP contribution >= 0.6 is 0 Å². The third kappa shape index (κ3) is 2.39. The van der Waals surface area contributed by atoms with Crippen LogP contribution in [0.2, 0.25) is 0 Å². The second-order valence-electron chi connectivity index (χ2n) is 6.02. The fraction of sp³-hybridized carbons (Fsp3) is 0.368. The van der Waals surface area contributed by atoms with Crippen molar-refractivity contribution in [1.29, 1.82) is 0 Å². The summed E-state index contributed by atoms with van der Waals surface area (Å²) in [6.07, 6.45) is 3.93. The van der Waals surface area contributed by atoms with Crippen molar-refractivity contribution in [3.63, 3.8) is 0 Å². The summed E-state index contributed by atoms with van der Waals surface area (Å²) >= 11 is 0. The standard InChI is InChI=1S/C19H21NO/c1-3-8-15(9-4-1)17-12-7-13-19-20(17)18(14-21-19)16-10-5-2-6-11-16/h1-6,8-11,17-19H,7,12-14H2/t17-,18+,19+/m1/s1. The SMILES string of the molecule is c1ccc([C@H]2CCC[C@@H]3OC[C@@H](c4ccccc4)N32)cc1. The van der Waals surface area contributed by atoms with E-state index in [1.54, 1.807) is 0 Å². The predicted octanol–water partition coefficient (Wildman–Crippen LogP) is 4.31. The first-order chi connectivity index (χ1) is 10.4. The minimum Gasteiger partial charge on any atom is -0.361 e. The summed E-state index contributed by atoms with van der Waals surface area (Å²) in [7, 11) is 0. The minimum absolute atomic E-state index is 0.286. The highest BCUT2D eigenvalue weighted by atomic mass is 16.5. The van der Waals surface area contributed by atoms with Crippen molar-refractivity contribution in [3.05, 3.63) is 71.8 Å². The van der Waals surface area contributed by atoms with Crippen LogP contribution in [0.5, 0.6) is 0 Å². The monoisotopic (exact) mass is 279 g/mol. The molecular formula is C19H21NO. The highest BCUT2D eigenvalue weighted by molar-refractivity contribution is 5.24. The van der Waals surface area contributed by atoms with Gasteiger partial charge in [0.15, 0.2) is 0 Å². The Morgan fingerprint density at radius 1 is 0.762 bits per heavy atom. The molecule has 0 N–H and O–H groups in total. The summed E-state index contributed by atoms with van der Waals surface area (Å²) in [6, 6.07) is 22.6. The van der Waals surface area contributed by atoms with Crippen LogP contribution in [0, 0.1) is 0 Å². The van der Waals surface area contributed by atoms with Crippen LogP contribution < -0.4 is 0 Å². The number of rotatable bonds is 2. The lowest BCUT2D eigenvalue weighted by molar-refractivity contribution is -0.0271. The van der Waals surface area contributed by atoms with Gasteiger partial charge in [0, 0.05) is 6.04 Å². The number of piperidine rings is 1. The molecule has 0 bridgehead atoms. The van der Waals surface area contributed by atoms with Crippen LogP contribution in [0.3, 0.4) is 0 Å². The number of hydrogen-bond acceptors (Lipinski definition) is 2. The van der Waals surface area contributed by atoms with Crippen LogP contribution in [0.1, 0.15) is 42.5 Å². The smallest absolute Gasteiger partial charge is 0.111 e. The van der Waals surface area contributed by atoms with E-state index in [2.05, 4.69) is 65.6 Å². The summed E-state index contributed by atoms with van der Waals surface area (Å²) in [6.45, 7) is 0.817. The Morgan fingerprint density at radius 2 is 1.38 bits per heavy atom. The molecule has 0 spiro atoms. The van der Waals surface area contributed by atoms with Gasteiger partial charge in [-0.05, 0) is 30.4 Å². The number of nitrogens with zero attached hydrogens (tertiary/aromatic N) is 1. The highest BCUT2D eigenvalue weighted by Crippen LogP contribution is 2.44. The van der Waals surface area contributed by atoms with Gasteiger partial charge in [0.25, 0.3) is 0 Å². The summed E-state index contributed by atoms with van der Waals surface area (Å²) in [5.74, 6) is 0. The number of fused-ring (bicyclic) bond motifs is 1. The molecule has 2 nitrogen and oxygen atoms in total. The largest absolute Gasteiger partial charge is 0.361 e. The molecule has 21 heavy (non-hydrogen) atoms. The Labute approximate surface area is 126 Å². The first-order valence-electron chi connectivity index (χ1n) is 7.92. The summed E-state index contributed by atoms with van der Waals surface area (Å²) in [5.41, 5.74) is 2.80. The minimum atomic E-state index is 0.286. The molecule has 0 aliphatic carbocycles. The molecule has 3 atom stereocenters. The van der Waals surface area contributed by atoms with Gasteiger partial charge in [-0.15, -0.1) is 0 Å². The maximum atomic E-state index is 6.10. The van der Waals surface area contributed by atoms with Gasteiger partial charge in [0.1, 0.15) is 6.23 Å². The van der Waals surface area contributed by atoms with E-state index in [1.807, 2.05) is 0 Å². The van der Waals surface area contributed by atoms with E-state index in [1.165, 1.54) is 24.0 Å². The zero-order chi connectivity index (χ0) is 14.1. The third-order valence-corrected chi connectivity index (χ3v) is 4.80. The Morgan fingerprint density at radius 3 is 2.05 bits per heavy atom. The maximum Gasteiger partial charge on any atom is 0.111 e. The van der Waals surface area contributed by atoms with Gasteiger partial charge >= 0.3 is 0 Å². The zero-order valence-electron chi connectivity index (χ0n) is 12.2. The normalized spacial score (nSPS) is 29.2. The van der Waals surface area contributed by atoms with Gasteiger partial charge in [-0.25, -0.2) is 0 Å². The fourth-order valence-corrected chi connectivity index (χ4v) is 3.82. The van der Waals surface area contributed by atoms with Crippen LogP contribution in [0.25, 0.3) is 0 Å². The molecule has 0 amide bonds. The first-order valence-corrected chi connectivity index (χ1v) is 7.92. The van der Waals surface area contributed by atoms with Crippen molar-refractivity contribution < 1.29 is 4.74 Å². The molecule has 2 aromatic carbocycles. The summed E-state index contributed by atoms with van der Waals surface area (Å²) < 4.78 is 6.10. The van der Waals surface area contributed by atoms with Crippen molar-refractivity contribution in [1.82, 2.24) is 4.90 Å². The molecule has 2 heteroatoms. The van der Waals surface area contributed by atoms with Crippen molar-refractivity contribution in [2.75, 3.05) is 6.61 Å². The second kappa shape index (κ2) is 5.63. The Kier molecular flexibility index (Phi) is 3.50. The number of benzene rings is 2. The molecule has 108 valence electrons. The zero-order valence-corrected chi connectivity index (χ0v) is 12.2. The lowest BCUT2D eigenvalue weighted by Crippen LogP contribution is -2.39. The molecule has 4 rings (SSSR count). The molecule has 0 unspecified atom stereocenters. The molecular weight excluding hydrogens is 258 g/mol. The molecule has 2 aliphatic heterocycles. The maximum absolute atomic E-state index is 6.10. The van der Waals surface area contributed by atoms with Crippen LogP contribution in [-0.4, -0.2) is 17.7 Å². The van der Waals surface area contributed by atoms with Crippen molar-refractivity contribution in [3.8, 4) is 0 Å². The van der Waals surface area contributed by atoms with E-state index in [0.717, 1.165) is 13.0 Å². The number of hydrogen-bond donors (Lipinski definition) is 0. The average Bonchev–Trinajstić information content (AvgIpc) is 3.00. The summed E-state index contributed by atoms with van der Waals surface area (Å²) in [4.78, 5) is 2.61. The quantitative estimate of drug-likeness (QED) is 0.812. The molecule has 2 fully saturated rings. The first kappa shape index (κ1) is 13.1. The van der Waals surface area contributed by atoms with Crippen LogP contribution in [0.4, 0.5) is 0 Å². The van der Waals surface area contributed by atoms with Gasteiger partial charge in [0.05, 0.1) is 12.6 Å². The predicted molar refractivity (Wildman–Crippen MR) is 83.8 cm³/mol. The van der Waals surface area contributed by atoms with Gasteiger partial charge in [-0.3, -0.25) is 4.90 Å². The number of ether oxygens (including phenoxy) is 1. The van der Waals surface area contributed by atoms with E-state index in [9.17, 15) is 0 Å². The lowest BCUT2D eigenvalue weighted by Gasteiger charge is -2.40. The third-order valence-electron chi connectivity index (χ3n) is 4.80. The van der Waals surface area contributed by atoms with E-state index < -0.39 is 0 Å². The van der Waals surface area contributed by atoms with E-state index in [-0.39, 0.29) is 6.23 Å². The fourth-order valence-electron chi connectivity index (χ4n) is 3.82. The lowest BCUT2D eigenvalue weighted by atomic mass is 9.92. The van der Waals surface area contributed by atoms with E-state index >= 15 is 0 Å². The Bertz CT molecular complexity index is 583. The second-order valence-corrected chi connectivity index (χ2v) is 6.02. The van der Waals surface area contributed by atoms with E-state index in [0.29, 0.717) is 12.1 Å². The molecule has 2 heterocycles. The van der Waals surface area contributed by atoms with Crippen LogP contribution in [-0.2, 0) is 4.74 Å². The van der Waals surface area contributed by atoms with Gasteiger partial charge in [-0.1, -0.05) is 60.7 Å². The molecule has 0 saturated carbocycles. The molecule has 2 aromatic rings. The van der Waals surface area contributed by atoms with Gasteiger partial charge in [0.2, 0.25) is 0 Å². The van der Waals surface area contributed by atoms with Gasteiger partial charge in [-0.2, -0.15) is 0 Å². The van der Waals surface area contributed by atoms with Crippen molar-refractivity contribution >= 4 is 0 Å². The Hall–Kier alpha value is -1.64. The van der Waals surface area contributed by atoms with Crippen molar-refractivity contribution in [2.45, 2.75) is 37.6 Å². The molecule has 2 saturated heterocycles. The molecule has 0 aromatic heterocycles. The highest BCUT2D eigenvalue weighted by Gasteiger charge is 2.42. The van der Waals surface area contributed by atoms with Crippen LogP contribution in [0.15, 0.2) is 60.7 Å².